The van der Waals surface area contributed by atoms with E-state index in [1.165, 1.54) is 18.6 Å². The van der Waals surface area contributed by atoms with Crippen LogP contribution in [0.25, 0.3) is 0 Å². The molecular weight excluding hydrogens is 258 g/mol. The van der Waals surface area contributed by atoms with E-state index in [0.717, 1.165) is 37.3 Å². The van der Waals surface area contributed by atoms with Gasteiger partial charge >= 0.3 is 0 Å². The van der Waals surface area contributed by atoms with Gasteiger partial charge in [0.05, 0.1) is 0 Å². The number of hydrogen-bond acceptors (Lipinski definition) is 3. The summed E-state index contributed by atoms with van der Waals surface area (Å²) >= 11 is 2.06. The van der Waals surface area contributed by atoms with E-state index in [4.69, 9.17) is 0 Å². The van der Waals surface area contributed by atoms with Crippen molar-refractivity contribution in [3.8, 4) is 0 Å². The van der Waals surface area contributed by atoms with Crippen molar-refractivity contribution in [2.24, 2.45) is 4.99 Å². The molecule has 1 aliphatic rings. The van der Waals surface area contributed by atoms with Crippen molar-refractivity contribution in [2.45, 2.75) is 31.1 Å². The van der Waals surface area contributed by atoms with Gasteiger partial charge in [-0.15, -0.1) is 0 Å². The number of nitrogens with zero attached hydrogens (tertiary/aromatic N) is 3. The topological polar surface area (TPSA) is 54.2 Å². The molecular formula is C13H23N5S. The molecule has 6 heteroatoms. The van der Waals surface area contributed by atoms with E-state index < -0.39 is 0 Å². The molecule has 0 saturated carbocycles. The van der Waals surface area contributed by atoms with Crippen molar-refractivity contribution in [1.29, 1.82) is 0 Å². The summed E-state index contributed by atoms with van der Waals surface area (Å²) < 4.78 is 1.95. The van der Waals surface area contributed by atoms with Gasteiger partial charge in [0, 0.05) is 44.3 Å². The van der Waals surface area contributed by atoms with Crippen molar-refractivity contribution < 1.29 is 0 Å². The lowest BCUT2D eigenvalue weighted by molar-refractivity contribution is 0.570. The molecule has 1 unspecified atom stereocenters. The summed E-state index contributed by atoms with van der Waals surface area (Å²) in [4.78, 5) is 4.25. The van der Waals surface area contributed by atoms with Crippen LogP contribution in [0.3, 0.4) is 0 Å². The molecule has 1 aromatic heterocycles. The molecule has 2 heterocycles. The predicted molar refractivity (Wildman–Crippen MR) is 81.7 cm³/mol. The Morgan fingerprint density at radius 1 is 1.53 bits per heavy atom. The average molecular weight is 281 g/mol. The summed E-state index contributed by atoms with van der Waals surface area (Å²) in [5.74, 6) is 2.22. The van der Waals surface area contributed by atoms with Crippen LogP contribution >= 0.6 is 11.8 Å². The van der Waals surface area contributed by atoms with Gasteiger partial charge in [-0.3, -0.25) is 9.67 Å². The number of aliphatic imine (C=N–C) groups is 1. The Morgan fingerprint density at radius 2 is 2.47 bits per heavy atom. The quantitative estimate of drug-likeness (QED) is 0.469. The predicted octanol–water partition coefficient (Wildman–Crippen LogP) is 1.33. The minimum absolute atomic E-state index is 0.752. The minimum atomic E-state index is 0.752. The zero-order valence-electron chi connectivity index (χ0n) is 11.5. The number of hydrogen-bond donors (Lipinski definition) is 2. The Hall–Kier alpha value is -1.17. The second-order valence-electron chi connectivity index (χ2n) is 4.64. The van der Waals surface area contributed by atoms with E-state index in [2.05, 4.69) is 32.5 Å². The number of rotatable bonds is 6. The lowest BCUT2D eigenvalue weighted by Gasteiger charge is -2.14. The van der Waals surface area contributed by atoms with Crippen LogP contribution in [0.15, 0.2) is 23.5 Å². The highest BCUT2D eigenvalue weighted by molar-refractivity contribution is 8.00. The maximum atomic E-state index is 4.25. The smallest absolute Gasteiger partial charge is 0.191 e. The molecule has 1 fully saturated rings. The summed E-state index contributed by atoms with van der Waals surface area (Å²) in [6, 6.07) is 1.95. The van der Waals surface area contributed by atoms with Gasteiger partial charge < -0.3 is 10.6 Å². The molecule has 0 bridgehead atoms. The summed E-state index contributed by atoms with van der Waals surface area (Å²) in [5.41, 5.74) is 0. The summed E-state index contributed by atoms with van der Waals surface area (Å²) in [6.07, 6.45) is 7.53. The largest absolute Gasteiger partial charge is 0.356 e. The SMILES string of the molecule is CN=C(NCCCn1cccn1)NCC1CCCS1. The van der Waals surface area contributed by atoms with E-state index in [1.54, 1.807) is 0 Å². The highest BCUT2D eigenvalue weighted by Crippen LogP contribution is 2.25. The van der Waals surface area contributed by atoms with E-state index in [9.17, 15) is 0 Å². The van der Waals surface area contributed by atoms with Crippen molar-refractivity contribution in [2.75, 3.05) is 25.9 Å². The zero-order valence-corrected chi connectivity index (χ0v) is 12.3. The summed E-state index contributed by atoms with van der Waals surface area (Å²) in [6.45, 7) is 2.87. The third kappa shape index (κ3) is 5.14. The number of guanidine groups is 1. The second-order valence-corrected chi connectivity index (χ2v) is 6.05. The van der Waals surface area contributed by atoms with Crippen molar-refractivity contribution >= 4 is 17.7 Å². The molecule has 2 rings (SSSR count). The number of aryl methyl sites for hydroxylation is 1. The Kier molecular flexibility index (Phi) is 6.07. The van der Waals surface area contributed by atoms with Crippen molar-refractivity contribution in [1.82, 2.24) is 20.4 Å². The van der Waals surface area contributed by atoms with Gasteiger partial charge in [-0.25, -0.2) is 0 Å². The summed E-state index contributed by atoms with van der Waals surface area (Å²) in [7, 11) is 1.82. The maximum Gasteiger partial charge on any atom is 0.191 e. The second kappa shape index (κ2) is 8.09. The molecule has 0 amide bonds. The van der Waals surface area contributed by atoms with Crippen LogP contribution < -0.4 is 10.6 Å². The summed E-state index contributed by atoms with van der Waals surface area (Å²) in [5, 5.41) is 11.7. The van der Waals surface area contributed by atoms with Crippen LogP contribution in [0.5, 0.6) is 0 Å². The molecule has 0 aromatic carbocycles. The molecule has 19 heavy (non-hydrogen) atoms. The first-order chi connectivity index (χ1) is 9.38. The molecule has 1 atom stereocenters. The van der Waals surface area contributed by atoms with E-state index >= 15 is 0 Å². The van der Waals surface area contributed by atoms with Gasteiger partial charge in [0.25, 0.3) is 0 Å². The van der Waals surface area contributed by atoms with Crippen molar-refractivity contribution in [3.05, 3.63) is 18.5 Å². The fourth-order valence-corrected chi connectivity index (χ4v) is 3.32. The number of thioether (sulfide) groups is 1. The molecule has 1 aliphatic heterocycles. The maximum absolute atomic E-state index is 4.25. The van der Waals surface area contributed by atoms with Crippen LogP contribution in [0, 0.1) is 0 Å². The zero-order chi connectivity index (χ0) is 13.3. The van der Waals surface area contributed by atoms with Crippen LogP contribution in [-0.4, -0.2) is 46.9 Å². The van der Waals surface area contributed by atoms with Gasteiger partial charge in [-0.05, 0) is 31.1 Å². The first-order valence-corrected chi connectivity index (χ1v) is 7.97. The van der Waals surface area contributed by atoms with Gasteiger partial charge in [0.15, 0.2) is 5.96 Å². The normalized spacial score (nSPS) is 19.6. The van der Waals surface area contributed by atoms with Crippen LogP contribution in [0.2, 0.25) is 0 Å². The monoisotopic (exact) mass is 281 g/mol. The molecule has 1 saturated heterocycles. The number of aromatic nitrogens is 2. The molecule has 2 N–H and O–H groups in total. The highest BCUT2D eigenvalue weighted by atomic mass is 32.2. The Balaban J connectivity index is 1.57. The van der Waals surface area contributed by atoms with Gasteiger partial charge in [-0.1, -0.05) is 0 Å². The Bertz CT molecular complexity index is 370. The fourth-order valence-electron chi connectivity index (χ4n) is 2.12. The van der Waals surface area contributed by atoms with Crippen LogP contribution in [0.1, 0.15) is 19.3 Å². The first-order valence-electron chi connectivity index (χ1n) is 6.92. The van der Waals surface area contributed by atoms with Crippen LogP contribution in [0.4, 0.5) is 0 Å². The Labute approximate surface area is 119 Å². The molecule has 0 radical (unpaired) electrons. The average Bonchev–Trinajstić information content (AvgIpc) is 3.11. The number of nitrogens with one attached hydrogen (secondary N) is 2. The van der Waals surface area contributed by atoms with Crippen LogP contribution in [-0.2, 0) is 6.54 Å². The van der Waals surface area contributed by atoms with E-state index in [-0.39, 0.29) is 0 Å². The third-order valence-corrected chi connectivity index (χ3v) is 4.56. The standard InChI is InChI=1S/C13H23N5S/c1-14-13(16-11-12-5-2-10-19-12)15-6-3-8-18-9-4-7-17-18/h4,7,9,12H,2-3,5-6,8,10-11H2,1H3,(H2,14,15,16). The lowest BCUT2D eigenvalue weighted by atomic mass is 10.2. The van der Waals surface area contributed by atoms with E-state index in [1.807, 2.05) is 30.2 Å². The lowest BCUT2D eigenvalue weighted by Crippen LogP contribution is -2.40. The fraction of sp³-hybridized carbons (Fsp3) is 0.692. The Morgan fingerprint density at radius 3 is 3.16 bits per heavy atom. The first kappa shape index (κ1) is 14.2. The van der Waals surface area contributed by atoms with Gasteiger partial charge in [0.2, 0.25) is 0 Å². The van der Waals surface area contributed by atoms with Gasteiger partial charge in [0.1, 0.15) is 0 Å². The molecule has 5 nitrogen and oxygen atoms in total. The van der Waals surface area contributed by atoms with Crippen molar-refractivity contribution in [3.63, 3.8) is 0 Å². The molecule has 1 aromatic rings. The van der Waals surface area contributed by atoms with Gasteiger partial charge in [-0.2, -0.15) is 16.9 Å². The molecule has 106 valence electrons. The minimum Gasteiger partial charge on any atom is -0.356 e. The highest BCUT2D eigenvalue weighted by Gasteiger charge is 2.15. The third-order valence-electron chi connectivity index (χ3n) is 3.16. The van der Waals surface area contributed by atoms with E-state index in [0.29, 0.717) is 0 Å². The molecule has 0 aliphatic carbocycles. The molecule has 0 spiro atoms.